The van der Waals surface area contributed by atoms with Crippen LogP contribution in [0, 0.1) is 0 Å². The first-order valence-corrected chi connectivity index (χ1v) is 9.81. The zero-order valence-corrected chi connectivity index (χ0v) is 15.3. The molecule has 0 unspecified atom stereocenters. The zero-order chi connectivity index (χ0) is 16.8. The second kappa shape index (κ2) is 8.65. The molecule has 1 aromatic heterocycles. The van der Waals surface area contributed by atoms with Crippen molar-refractivity contribution < 1.29 is 4.79 Å². The van der Waals surface area contributed by atoms with E-state index in [1.165, 1.54) is 30.6 Å². The first-order valence-electron chi connectivity index (χ1n) is 8.56. The van der Waals surface area contributed by atoms with E-state index in [9.17, 15) is 4.79 Å². The van der Waals surface area contributed by atoms with E-state index in [0.29, 0.717) is 17.1 Å². The van der Waals surface area contributed by atoms with Crippen LogP contribution in [0.2, 0.25) is 5.02 Å². The highest BCUT2D eigenvalue weighted by Crippen LogP contribution is 2.27. The fourth-order valence-corrected chi connectivity index (χ4v) is 4.31. The standard InChI is InChI=1S/C19H23ClN2OS/c20-16-9-4-3-8-15(16)19(23)21-14-17(18-10-7-13-24-18)22-11-5-1-2-6-12-22/h3-4,7-10,13,17H,1-2,5-6,11-12,14H2,(H,21,23)/t17-/m1/s1. The van der Waals surface area contributed by atoms with Crippen molar-refractivity contribution in [2.45, 2.75) is 31.7 Å². The van der Waals surface area contributed by atoms with Crippen molar-refractivity contribution in [3.8, 4) is 0 Å². The number of likely N-dealkylation sites (tertiary alicyclic amines) is 1. The lowest BCUT2D eigenvalue weighted by molar-refractivity contribution is 0.0934. The summed E-state index contributed by atoms with van der Waals surface area (Å²) in [4.78, 5) is 16.3. The maximum Gasteiger partial charge on any atom is 0.252 e. The van der Waals surface area contributed by atoms with Gasteiger partial charge in [-0.05, 0) is 49.5 Å². The fourth-order valence-electron chi connectivity index (χ4n) is 3.23. The van der Waals surface area contributed by atoms with Crippen LogP contribution in [-0.2, 0) is 0 Å². The first kappa shape index (κ1) is 17.5. The van der Waals surface area contributed by atoms with E-state index in [4.69, 9.17) is 11.6 Å². The SMILES string of the molecule is O=C(NC[C@H](c1cccs1)N1CCCCCC1)c1ccccc1Cl. The molecule has 1 atom stereocenters. The minimum atomic E-state index is -0.100. The molecule has 2 heterocycles. The topological polar surface area (TPSA) is 32.3 Å². The third kappa shape index (κ3) is 4.38. The number of nitrogens with one attached hydrogen (secondary N) is 1. The van der Waals surface area contributed by atoms with Crippen molar-refractivity contribution in [2.75, 3.05) is 19.6 Å². The summed E-state index contributed by atoms with van der Waals surface area (Å²) in [6.45, 7) is 2.82. The van der Waals surface area contributed by atoms with Crippen LogP contribution < -0.4 is 5.32 Å². The van der Waals surface area contributed by atoms with Crippen LogP contribution in [0.1, 0.15) is 47.0 Å². The van der Waals surface area contributed by atoms with E-state index in [-0.39, 0.29) is 11.9 Å². The Hall–Kier alpha value is -1.36. The summed E-state index contributed by atoms with van der Waals surface area (Å²) < 4.78 is 0. The monoisotopic (exact) mass is 362 g/mol. The van der Waals surface area contributed by atoms with Gasteiger partial charge >= 0.3 is 0 Å². The van der Waals surface area contributed by atoms with Gasteiger partial charge in [0.25, 0.3) is 5.91 Å². The Bertz CT molecular complexity index is 651. The molecule has 1 aliphatic rings. The third-order valence-corrected chi connectivity index (χ3v) is 5.83. The quantitative estimate of drug-likeness (QED) is 0.832. The second-order valence-electron chi connectivity index (χ2n) is 6.17. The Kier molecular flexibility index (Phi) is 6.30. The molecule has 1 aromatic carbocycles. The molecule has 0 aliphatic carbocycles. The maximum atomic E-state index is 12.5. The molecule has 128 valence electrons. The van der Waals surface area contributed by atoms with Crippen molar-refractivity contribution in [3.63, 3.8) is 0 Å². The second-order valence-corrected chi connectivity index (χ2v) is 7.56. The van der Waals surface area contributed by atoms with E-state index < -0.39 is 0 Å². The summed E-state index contributed by atoms with van der Waals surface area (Å²) >= 11 is 7.90. The highest BCUT2D eigenvalue weighted by molar-refractivity contribution is 7.10. The molecule has 3 nitrogen and oxygen atoms in total. The number of benzene rings is 1. The lowest BCUT2D eigenvalue weighted by Crippen LogP contribution is -2.38. The zero-order valence-electron chi connectivity index (χ0n) is 13.7. The smallest absolute Gasteiger partial charge is 0.252 e. The number of thiophene rings is 1. The van der Waals surface area contributed by atoms with Crippen LogP contribution in [0.15, 0.2) is 41.8 Å². The average molecular weight is 363 g/mol. The van der Waals surface area contributed by atoms with E-state index in [2.05, 4.69) is 27.7 Å². The molecule has 1 aliphatic heterocycles. The number of hydrogen-bond donors (Lipinski definition) is 1. The fraction of sp³-hybridized carbons (Fsp3) is 0.421. The van der Waals surface area contributed by atoms with Crippen molar-refractivity contribution in [1.82, 2.24) is 10.2 Å². The van der Waals surface area contributed by atoms with Gasteiger partial charge in [-0.3, -0.25) is 9.69 Å². The van der Waals surface area contributed by atoms with Crippen molar-refractivity contribution >= 4 is 28.8 Å². The third-order valence-electron chi connectivity index (χ3n) is 4.53. The van der Waals surface area contributed by atoms with E-state index >= 15 is 0 Å². The van der Waals surface area contributed by atoms with Crippen LogP contribution in [0.3, 0.4) is 0 Å². The van der Waals surface area contributed by atoms with Gasteiger partial charge in [0, 0.05) is 11.4 Å². The van der Waals surface area contributed by atoms with Gasteiger partial charge in [0.1, 0.15) is 0 Å². The van der Waals surface area contributed by atoms with E-state index in [0.717, 1.165) is 13.1 Å². The molecule has 5 heteroatoms. The Morgan fingerprint density at radius 3 is 2.54 bits per heavy atom. The maximum absolute atomic E-state index is 12.5. The molecule has 0 spiro atoms. The van der Waals surface area contributed by atoms with E-state index in [1.54, 1.807) is 23.5 Å². The molecular weight excluding hydrogens is 340 g/mol. The minimum Gasteiger partial charge on any atom is -0.350 e. The molecular formula is C19H23ClN2OS. The minimum absolute atomic E-state index is 0.100. The Labute approximate surface area is 152 Å². The summed E-state index contributed by atoms with van der Waals surface area (Å²) in [5, 5.41) is 5.69. The number of rotatable bonds is 5. The molecule has 0 saturated carbocycles. The number of amides is 1. The van der Waals surface area contributed by atoms with Crippen LogP contribution in [0.5, 0.6) is 0 Å². The molecule has 1 fully saturated rings. The predicted octanol–water partition coefficient (Wildman–Crippen LogP) is 4.75. The predicted molar refractivity (Wildman–Crippen MR) is 101 cm³/mol. The molecule has 2 aromatic rings. The largest absolute Gasteiger partial charge is 0.350 e. The van der Waals surface area contributed by atoms with Gasteiger partial charge in [0.2, 0.25) is 0 Å². The van der Waals surface area contributed by atoms with Gasteiger partial charge in [0.15, 0.2) is 0 Å². The molecule has 1 saturated heterocycles. The lowest BCUT2D eigenvalue weighted by atomic mass is 10.1. The van der Waals surface area contributed by atoms with Gasteiger partial charge in [-0.15, -0.1) is 11.3 Å². The van der Waals surface area contributed by atoms with Crippen molar-refractivity contribution in [1.29, 1.82) is 0 Å². The summed E-state index contributed by atoms with van der Waals surface area (Å²) in [6.07, 6.45) is 5.08. The van der Waals surface area contributed by atoms with Gasteiger partial charge in [0.05, 0.1) is 16.6 Å². The normalized spacial score (nSPS) is 17.2. The van der Waals surface area contributed by atoms with Gasteiger partial charge in [-0.2, -0.15) is 0 Å². The van der Waals surface area contributed by atoms with Crippen LogP contribution >= 0.6 is 22.9 Å². The van der Waals surface area contributed by atoms with Gasteiger partial charge < -0.3 is 5.32 Å². The van der Waals surface area contributed by atoms with Crippen molar-refractivity contribution in [3.05, 3.63) is 57.2 Å². The van der Waals surface area contributed by atoms with Crippen molar-refractivity contribution in [2.24, 2.45) is 0 Å². The molecule has 3 rings (SSSR count). The Balaban J connectivity index is 1.70. The highest BCUT2D eigenvalue weighted by atomic mass is 35.5. The number of hydrogen-bond acceptors (Lipinski definition) is 3. The van der Waals surface area contributed by atoms with Crippen LogP contribution in [0.25, 0.3) is 0 Å². The lowest BCUT2D eigenvalue weighted by Gasteiger charge is -2.30. The number of carbonyl (C=O) groups excluding carboxylic acids is 1. The molecule has 0 bridgehead atoms. The van der Waals surface area contributed by atoms with Gasteiger partial charge in [-0.1, -0.05) is 42.6 Å². The van der Waals surface area contributed by atoms with Crippen LogP contribution in [-0.4, -0.2) is 30.4 Å². The number of halogens is 1. The summed E-state index contributed by atoms with van der Waals surface area (Å²) in [5.41, 5.74) is 0.542. The highest BCUT2D eigenvalue weighted by Gasteiger charge is 2.23. The number of carbonyl (C=O) groups is 1. The van der Waals surface area contributed by atoms with Crippen LogP contribution in [0.4, 0.5) is 0 Å². The Morgan fingerprint density at radius 2 is 1.88 bits per heavy atom. The average Bonchev–Trinajstić information content (AvgIpc) is 2.98. The summed E-state index contributed by atoms with van der Waals surface area (Å²) in [5.74, 6) is -0.100. The number of nitrogens with zero attached hydrogens (tertiary/aromatic N) is 1. The molecule has 0 radical (unpaired) electrons. The first-order chi connectivity index (χ1) is 11.8. The summed E-state index contributed by atoms with van der Waals surface area (Å²) in [6, 6.07) is 11.7. The van der Waals surface area contributed by atoms with E-state index in [1.807, 2.05) is 12.1 Å². The molecule has 1 amide bonds. The molecule has 24 heavy (non-hydrogen) atoms. The molecule has 1 N–H and O–H groups in total. The summed E-state index contributed by atoms with van der Waals surface area (Å²) in [7, 11) is 0. The van der Waals surface area contributed by atoms with Gasteiger partial charge in [-0.25, -0.2) is 0 Å². The Morgan fingerprint density at radius 1 is 1.12 bits per heavy atom.